The van der Waals surface area contributed by atoms with Crippen molar-refractivity contribution in [2.24, 2.45) is 0 Å². The van der Waals surface area contributed by atoms with Crippen molar-refractivity contribution in [3.8, 4) is 11.3 Å². The average Bonchev–Trinajstić information content (AvgIpc) is 3.29. The van der Waals surface area contributed by atoms with E-state index >= 15 is 0 Å². The number of amides is 2. The first kappa shape index (κ1) is 18.9. The van der Waals surface area contributed by atoms with Gasteiger partial charge in [-0.1, -0.05) is 12.1 Å². The molecule has 2 aromatic heterocycles. The molecule has 0 saturated heterocycles. The monoisotopic (exact) mass is 430 g/mol. The molecular formula is C19H19BrN4O3. The van der Waals surface area contributed by atoms with Gasteiger partial charge in [0.1, 0.15) is 5.69 Å². The van der Waals surface area contributed by atoms with Crippen molar-refractivity contribution < 1.29 is 14.0 Å². The van der Waals surface area contributed by atoms with Gasteiger partial charge in [-0.3, -0.25) is 20.4 Å². The van der Waals surface area contributed by atoms with Crippen LogP contribution in [0.3, 0.4) is 0 Å². The van der Waals surface area contributed by atoms with Crippen molar-refractivity contribution in [2.75, 3.05) is 0 Å². The zero-order valence-electron chi connectivity index (χ0n) is 14.9. The van der Waals surface area contributed by atoms with Crippen molar-refractivity contribution >= 4 is 27.7 Å². The summed E-state index contributed by atoms with van der Waals surface area (Å²) < 4.78 is 6.48. The quantitative estimate of drug-likeness (QED) is 0.539. The van der Waals surface area contributed by atoms with Crippen LogP contribution in [0.2, 0.25) is 0 Å². The molecular weight excluding hydrogens is 412 g/mol. The fraction of sp³-hybridized carbons (Fsp3) is 0.211. The number of aromatic nitrogens is 2. The minimum Gasteiger partial charge on any atom is -0.441 e. The molecule has 1 aromatic carbocycles. The Labute approximate surface area is 164 Å². The lowest BCUT2D eigenvalue weighted by Crippen LogP contribution is -2.41. The summed E-state index contributed by atoms with van der Waals surface area (Å²) in [7, 11) is 0. The number of carbonyl (C=O) groups is 2. The second kappa shape index (κ2) is 8.22. The number of H-pyrrole nitrogens is 1. The summed E-state index contributed by atoms with van der Waals surface area (Å²) in [6.45, 7) is 4.09. The first-order valence-corrected chi connectivity index (χ1v) is 9.17. The van der Waals surface area contributed by atoms with Crippen molar-refractivity contribution in [1.82, 2.24) is 20.8 Å². The highest BCUT2D eigenvalue weighted by atomic mass is 79.9. The minimum atomic E-state index is -0.429. The Kier molecular flexibility index (Phi) is 5.75. The zero-order valence-corrected chi connectivity index (χ0v) is 16.5. The van der Waals surface area contributed by atoms with Crippen LogP contribution in [-0.4, -0.2) is 21.8 Å². The lowest BCUT2D eigenvalue weighted by molar-refractivity contribution is -0.121. The summed E-state index contributed by atoms with van der Waals surface area (Å²) in [5.74, 6) is 0.374. The molecule has 2 amide bonds. The summed E-state index contributed by atoms with van der Waals surface area (Å²) >= 11 is 3.24. The van der Waals surface area contributed by atoms with Crippen LogP contribution in [0.15, 0.2) is 45.5 Å². The maximum Gasteiger partial charge on any atom is 0.286 e. The maximum absolute atomic E-state index is 11.9. The van der Waals surface area contributed by atoms with Gasteiger partial charge in [-0.25, -0.2) is 4.98 Å². The van der Waals surface area contributed by atoms with E-state index in [0.29, 0.717) is 23.8 Å². The second-order valence-corrected chi connectivity index (χ2v) is 7.07. The standard InChI is InChI=1S/C19H19BrN4O3/c1-11-3-4-13(7-12(11)2)16-10-22-18(27-16)6-5-17(25)23-24-19(26)15-8-14(20)9-21-15/h3-4,7-10,21H,5-6H2,1-2H3,(H,23,25)(H,24,26). The number of hydrazine groups is 1. The van der Waals surface area contributed by atoms with E-state index in [1.165, 1.54) is 11.1 Å². The van der Waals surface area contributed by atoms with Gasteiger partial charge in [-0.15, -0.1) is 0 Å². The Morgan fingerprint density at radius 2 is 2.00 bits per heavy atom. The van der Waals surface area contributed by atoms with E-state index in [-0.39, 0.29) is 12.3 Å². The summed E-state index contributed by atoms with van der Waals surface area (Å²) in [4.78, 5) is 30.7. The van der Waals surface area contributed by atoms with Gasteiger partial charge in [0.25, 0.3) is 5.91 Å². The molecule has 3 N–H and O–H groups in total. The molecule has 0 aliphatic carbocycles. The number of nitrogens with zero attached hydrogens (tertiary/aromatic N) is 1. The molecule has 0 radical (unpaired) electrons. The van der Waals surface area contributed by atoms with Gasteiger partial charge in [0.05, 0.1) is 6.20 Å². The van der Waals surface area contributed by atoms with Gasteiger partial charge in [0, 0.05) is 29.1 Å². The topological polar surface area (TPSA) is 100 Å². The fourth-order valence-corrected chi connectivity index (χ4v) is 2.77. The molecule has 3 rings (SSSR count). The average molecular weight is 431 g/mol. The van der Waals surface area contributed by atoms with Crippen LogP contribution in [0.1, 0.15) is 33.9 Å². The first-order valence-electron chi connectivity index (χ1n) is 8.38. The number of halogens is 1. The summed E-state index contributed by atoms with van der Waals surface area (Å²) in [6.07, 6.45) is 3.76. The van der Waals surface area contributed by atoms with Crippen molar-refractivity contribution in [3.05, 3.63) is 63.8 Å². The Hall–Kier alpha value is -2.87. The molecule has 140 valence electrons. The van der Waals surface area contributed by atoms with Crippen LogP contribution >= 0.6 is 15.9 Å². The molecule has 0 atom stereocenters. The first-order chi connectivity index (χ1) is 12.9. The third kappa shape index (κ3) is 4.85. The van der Waals surface area contributed by atoms with Gasteiger partial charge in [0.2, 0.25) is 5.91 Å². The van der Waals surface area contributed by atoms with E-state index in [0.717, 1.165) is 10.0 Å². The third-order valence-corrected chi connectivity index (χ3v) is 4.58. The van der Waals surface area contributed by atoms with Gasteiger partial charge < -0.3 is 9.40 Å². The number of hydrogen-bond acceptors (Lipinski definition) is 4. The predicted octanol–water partition coefficient (Wildman–Crippen LogP) is 3.44. The number of hydrogen-bond donors (Lipinski definition) is 3. The van der Waals surface area contributed by atoms with E-state index < -0.39 is 5.91 Å². The van der Waals surface area contributed by atoms with Crippen LogP contribution in [0, 0.1) is 13.8 Å². The molecule has 0 bridgehead atoms. The molecule has 7 nitrogen and oxygen atoms in total. The molecule has 0 aliphatic heterocycles. The Bertz CT molecular complexity index is 977. The number of benzene rings is 1. The van der Waals surface area contributed by atoms with Crippen LogP contribution in [0.5, 0.6) is 0 Å². The second-order valence-electron chi connectivity index (χ2n) is 6.15. The van der Waals surface area contributed by atoms with Crippen LogP contribution in [0.25, 0.3) is 11.3 Å². The number of carbonyl (C=O) groups excluding carboxylic acids is 2. The molecule has 8 heteroatoms. The number of nitrogens with one attached hydrogen (secondary N) is 3. The maximum atomic E-state index is 11.9. The molecule has 2 heterocycles. The van der Waals surface area contributed by atoms with Gasteiger partial charge in [0.15, 0.2) is 11.7 Å². The zero-order chi connectivity index (χ0) is 19.4. The highest BCUT2D eigenvalue weighted by molar-refractivity contribution is 9.10. The van der Waals surface area contributed by atoms with E-state index in [9.17, 15) is 9.59 Å². The van der Waals surface area contributed by atoms with Crippen LogP contribution < -0.4 is 10.9 Å². The van der Waals surface area contributed by atoms with Crippen molar-refractivity contribution in [2.45, 2.75) is 26.7 Å². The molecule has 27 heavy (non-hydrogen) atoms. The predicted molar refractivity (Wildman–Crippen MR) is 104 cm³/mol. The highest BCUT2D eigenvalue weighted by Gasteiger charge is 2.12. The Morgan fingerprint density at radius 3 is 2.70 bits per heavy atom. The number of aryl methyl sites for hydroxylation is 3. The Morgan fingerprint density at radius 1 is 1.19 bits per heavy atom. The lowest BCUT2D eigenvalue weighted by atomic mass is 10.1. The molecule has 3 aromatic rings. The number of aromatic amines is 1. The minimum absolute atomic E-state index is 0.140. The van der Waals surface area contributed by atoms with Crippen molar-refractivity contribution in [3.63, 3.8) is 0 Å². The van der Waals surface area contributed by atoms with Gasteiger partial charge in [-0.2, -0.15) is 0 Å². The van der Waals surface area contributed by atoms with Gasteiger partial charge in [-0.05, 0) is 53.0 Å². The van der Waals surface area contributed by atoms with Crippen molar-refractivity contribution in [1.29, 1.82) is 0 Å². The number of rotatable bonds is 5. The summed E-state index contributed by atoms with van der Waals surface area (Å²) in [6, 6.07) is 7.67. The Balaban J connectivity index is 1.50. The molecule has 0 aliphatic rings. The lowest BCUT2D eigenvalue weighted by Gasteiger charge is -2.05. The van der Waals surface area contributed by atoms with E-state index in [2.05, 4.69) is 43.7 Å². The largest absolute Gasteiger partial charge is 0.441 e. The molecule has 0 unspecified atom stereocenters. The van der Waals surface area contributed by atoms with Gasteiger partial charge >= 0.3 is 0 Å². The highest BCUT2D eigenvalue weighted by Crippen LogP contribution is 2.23. The number of oxazole rings is 1. The summed E-state index contributed by atoms with van der Waals surface area (Å²) in [5.41, 5.74) is 8.40. The molecule has 0 fully saturated rings. The SMILES string of the molecule is Cc1ccc(-c2cnc(CCC(=O)NNC(=O)c3cc(Br)c[nH]3)o2)cc1C. The third-order valence-electron chi connectivity index (χ3n) is 4.12. The summed E-state index contributed by atoms with van der Waals surface area (Å²) in [5, 5.41) is 0. The van der Waals surface area contributed by atoms with E-state index in [1.807, 2.05) is 25.1 Å². The van der Waals surface area contributed by atoms with Crippen LogP contribution in [0.4, 0.5) is 0 Å². The molecule has 0 spiro atoms. The smallest absolute Gasteiger partial charge is 0.286 e. The fourth-order valence-electron chi connectivity index (χ4n) is 2.43. The molecule has 0 saturated carbocycles. The van der Waals surface area contributed by atoms with E-state index in [4.69, 9.17) is 4.42 Å². The van der Waals surface area contributed by atoms with Crippen LogP contribution in [-0.2, 0) is 11.2 Å². The van der Waals surface area contributed by atoms with E-state index in [1.54, 1.807) is 18.5 Å². The normalized spacial score (nSPS) is 10.6.